The lowest BCUT2D eigenvalue weighted by atomic mass is 9.94. The number of carbonyl (C=O) groups is 1. The van der Waals surface area contributed by atoms with E-state index in [9.17, 15) is 15.0 Å². The number of carboxylic acid groups (broad SMARTS) is 1. The van der Waals surface area contributed by atoms with Gasteiger partial charge in [-0.2, -0.15) is 0 Å². The molecule has 0 aromatic heterocycles. The first kappa shape index (κ1) is 25.5. The number of hydrogen-bond acceptors (Lipinski definition) is 6. The van der Waals surface area contributed by atoms with Gasteiger partial charge >= 0.3 is 5.97 Å². The van der Waals surface area contributed by atoms with E-state index in [0.29, 0.717) is 30.3 Å². The summed E-state index contributed by atoms with van der Waals surface area (Å²) in [7, 11) is 0. The molecule has 0 amide bonds. The largest absolute Gasteiger partial charge is 0.508 e. The van der Waals surface area contributed by atoms with Gasteiger partial charge in [0, 0.05) is 30.8 Å². The smallest absolute Gasteiger partial charge is 0.304 e. The van der Waals surface area contributed by atoms with Crippen molar-refractivity contribution >= 4 is 5.97 Å². The molecule has 1 unspecified atom stereocenters. The summed E-state index contributed by atoms with van der Waals surface area (Å²) in [5.41, 5.74) is 5.25. The van der Waals surface area contributed by atoms with Gasteiger partial charge in [-0.1, -0.05) is 24.3 Å². The van der Waals surface area contributed by atoms with Crippen molar-refractivity contribution in [2.75, 3.05) is 19.8 Å². The van der Waals surface area contributed by atoms with Crippen LogP contribution in [0, 0.1) is 6.92 Å². The molecule has 3 aromatic rings. The number of benzene rings is 3. The van der Waals surface area contributed by atoms with E-state index in [1.165, 1.54) is 12.8 Å². The van der Waals surface area contributed by atoms with E-state index in [0.717, 1.165) is 41.0 Å². The Kier molecular flexibility index (Phi) is 8.46. The second-order valence-corrected chi connectivity index (χ2v) is 9.07. The van der Waals surface area contributed by atoms with Crippen LogP contribution in [-0.2, 0) is 22.7 Å². The maximum atomic E-state index is 11.0. The average Bonchev–Trinajstić information content (AvgIpc) is 3.56. The molecule has 0 radical (unpaired) electrons. The normalized spacial score (nSPS) is 16.0. The third-order valence-electron chi connectivity index (χ3n) is 6.31. The standard InChI is InChI=1S/C25H24O6.C4H8O/c1-15-7-20(27)9-18(12-26)25(15)17-4-2-3-16(8-17)13-30-21-5-6-22-19(10-24(28)29)14-31-23(22)11-21;1-2-4-5-3-1/h2-9,11,19,26-27H,10,12-14H2,1H3,(H,28,29);1-4H2. The summed E-state index contributed by atoms with van der Waals surface area (Å²) < 4.78 is 16.5. The van der Waals surface area contributed by atoms with Gasteiger partial charge in [0.25, 0.3) is 0 Å². The van der Waals surface area contributed by atoms with Crippen molar-refractivity contribution in [3.63, 3.8) is 0 Å². The lowest BCUT2D eigenvalue weighted by Crippen LogP contribution is -2.07. The molecule has 36 heavy (non-hydrogen) atoms. The maximum absolute atomic E-state index is 11.0. The van der Waals surface area contributed by atoms with Gasteiger partial charge in [-0.15, -0.1) is 0 Å². The number of aliphatic carboxylic acids is 1. The van der Waals surface area contributed by atoms with Crippen LogP contribution in [0.1, 0.15) is 47.4 Å². The Hall–Kier alpha value is -3.55. The highest BCUT2D eigenvalue weighted by Gasteiger charge is 2.26. The first-order chi connectivity index (χ1) is 17.4. The minimum atomic E-state index is -0.838. The topological polar surface area (TPSA) is 105 Å². The van der Waals surface area contributed by atoms with Crippen LogP contribution < -0.4 is 9.47 Å². The van der Waals surface area contributed by atoms with E-state index in [1.54, 1.807) is 18.2 Å². The van der Waals surface area contributed by atoms with E-state index in [2.05, 4.69) is 0 Å². The fourth-order valence-electron chi connectivity index (χ4n) is 4.60. The van der Waals surface area contributed by atoms with Gasteiger partial charge in [-0.3, -0.25) is 4.79 Å². The van der Waals surface area contributed by atoms with Crippen molar-refractivity contribution in [3.8, 4) is 28.4 Å². The molecule has 1 fully saturated rings. The van der Waals surface area contributed by atoms with E-state index in [4.69, 9.17) is 19.3 Å². The van der Waals surface area contributed by atoms with Gasteiger partial charge in [0.15, 0.2) is 0 Å². The molecule has 1 atom stereocenters. The summed E-state index contributed by atoms with van der Waals surface area (Å²) in [5, 5.41) is 28.6. The van der Waals surface area contributed by atoms with Crippen LogP contribution in [0.4, 0.5) is 0 Å². The molecule has 3 N–H and O–H groups in total. The van der Waals surface area contributed by atoms with Crippen molar-refractivity contribution in [3.05, 3.63) is 76.9 Å². The highest BCUT2D eigenvalue weighted by molar-refractivity contribution is 5.72. The molecule has 1 saturated heterocycles. The first-order valence-corrected chi connectivity index (χ1v) is 12.2. The van der Waals surface area contributed by atoms with E-state index in [1.807, 2.05) is 43.3 Å². The lowest BCUT2D eigenvalue weighted by molar-refractivity contribution is -0.137. The number of aromatic hydroxyl groups is 1. The van der Waals surface area contributed by atoms with Crippen molar-refractivity contribution in [1.29, 1.82) is 0 Å². The Morgan fingerprint density at radius 2 is 1.89 bits per heavy atom. The van der Waals surface area contributed by atoms with Crippen LogP contribution in [-0.4, -0.2) is 41.1 Å². The number of rotatable bonds is 7. The Morgan fingerprint density at radius 1 is 1.08 bits per heavy atom. The average molecular weight is 493 g/mol. The van der Waals surface area contributed by atoms with Crippen LogP contribution in [0.3, 0.4) is 0 Å². The monoisotopic (exact) mass is 492 g/mol. The molecule has 0 spiro atoms. The predicted octanol–water partition coefficient (Wildman–Crippen LogP) is 5.19. The molecular formula is C29H32O7. The number of aryl methyl sites for hydroxylation is 1. The molecule has 0 bridgehead atoms. The van der Waals surface area contributed by atoms with E-state index < -0.39 is 5.97 Å². The Balaban J connectivity index is 0.000000543. The Morgan fingerprint density at radius 3 is 2.58 bits per heavy atom. The molecule has 2 aliphatic rings. The van der Waals surface area contributed by atoms with E-state index in [-0.39, 0.29) is 24.7 Å². The molecule has 3 aromatic carbocycles. The molecule has 190 valence electrons. The predicted molar refractivity (Wildman–Crippen MR) is 136 cm³/mol. The summed E-state index contributed by atoms with van der Waals surface area (Å²) in [6.45, 7) is 4.45. The summed E-state index contributed by atoms with van der Waals surface area (Å²) in [5.74, 6) is 0.485. The highest BCUT2D eigenvalue weighted by atomic mass is 16.5. The van der Waals surface area contributed by atoms with Crippen molar-refractivity contribution in [2.24, 2.45) is 0 Å². The van der Waals surface area contributed by atoms with Gasteiger partial charge in [-0.05, 0) is 71.8 Å². The number of phenols is 1. The first-order valence-electron chi connectivity index (χ1n) is 12.2. The minimum Gasteiger partial charge on any atom is -0.508 e. The van der Waals surface area contributed by atoms with Crippen molar-refractivity contribution < 1.29 is 34.3 Å². The highest BCUT2D eigenvalue weighted by Crippen LogP contribution is 2.38. The SMILES string of the molecule is C1CCOC1.Cc1cc(O)cc(CO)c1-c1cccc(COc2ccc3c(c2)OCC3CC(=O)O)c1. The molecule has 0 saturated carbocycles. The summed E-state index contributed by atoms with van der Waals surface area (Å²) in [4.78, 5) is 11.0. The zero-order valence-corrected chi connectivity index (χ0v) is 20.4. The summed E-state index contributed by atoms with van der Waals surface area (Å²) in [6.07, 6.45) is 2.60. The number of carboxylic acids is 1. The fourth-order valence-corrected chi connectivity index (χ4v) is 4.60. The molecular weight excluding hydrogens is 460 g/mol. The number of phenolic OH excluding ortho intramolecular Hbond substituents is 1. The van der Waals surface area contributed by atoms with Gasteiger partial charge in [0.2, 0.25) is 0 Å². The zero-order chi connectivity index (χ0) is 25.5. The molecule has 2 heterocycles. The quantitative estimate of drug-likeness (QED) is 0.417. The number of aliphatic hydroxyl groups excluding tert-OH is 1. The van der Waals surface area contributed by atoms with Crippen LogP contribution in [0.25, 0.3) is 11.1 Å². The van der Waals surface area contributed by atoms with Crippen molar-refractivity contribution in [1.82, 2.24) is 0 Å². The van der Waals surface area contributed by atoms with Gasteiger partial charge in [0.05, 0.1) is 19.6 Å². The molecule has 2 aliphatic heterocycles. The zero-order valence-electron chi connectivity index (χ0n) is 20.4. The van der Waals surface area contributed by atoms with Crippen molar-refractivity contribution in [2.45, 2.75) is 45.3 Å². The van der Waals surface area contributed by atoms with Gasteiger partial charge < -0.3 is 29.5 Å². The number of aliphatic hydroxyl groups is 1. The minimum absolute atomic E-state index is 0.0481. The number of hydrogen-bond donors (Lipinski definition) is 3. The molecule has 0 aliphatic carbocycles. The lowest BCUT2D eigenvalue weighted by Gasteiger charge is -2.14. The Labute approximate surface area is 210 Å². The van der Waals surface area contributed by atoms with Crippen LogP contribution >= 0.6 is 0 Å². The maximum Gasteiger partial charge on any atom is 0.304 e. The van der Waals surface area contributed by atoms with Gasteiger partial charge in [-0.25, -0.2) is 0 Å². The second-order valence-electron chi connectivity index (χ2n) is 9.07. The molecule has 5 rings (SSSR count). The Bertz CT molecular complexity index is 1190. The fraction of sp³-hybridized carbons (Fsp3) is 0.345. The van der Waals surface area contributed by atoms with Crippen LogP contribution in [0.5, 0.6) is 17.2 Å². The van der Waals surface area contributed by atoms with E-state index >= 15 is 0 Å². The number of fused-ring (bicyclic) bond motifs is 1. The third kappa shape index (κ3) is 6.36. The molecule has 7 nitrogen and oxygen atoms in total. The van der Waals surface area contributed by atoms with Crippen LogP contribution in [0.15, 0.2) is 54.6 Å². The third-order valence-corrected chi connectivity index (χ3v) is 6.31. The number of ether oxygens (including phenoxy) is 3. The van der Waals surface area contributed by atoms with Crippen LogP contribution in [0.2, 0.25) is 0 Å². The summed E-state index contributed by atoms with van der Waals surface area (Å²) >= 11 is 0. The second kappa shape index (κ2) is 11.9. The summed E-state index contributed by atoms with van der Waals surface area (Å²) in [6, 6.07) is 16.6. The van der Waals surface area contributed by atoms with Gasteiger partial charge in [0.1, 0.15) is 23.9 Å². The molecule has 7 heteroatoms.